The lowest BCUT2D eigenvalue weighted by atomic mass is 9.96. The maximum absolute atomic E-state index is 13.0. The Bertz CT molecular complexity index is 893. The molecule has 7 nitrogen and oxygen atoms in total. The van der Waals surface area contributed by atoms with Crippen LogP contribution in [-0.2, 0) is 11.2 Å². The number of carbonyl (C=O) groups is 1. The summed E-state index contributed by atoms with van der Waals surface area (Å²) in [6.45, 7) is 3.98. The third-order valence-corrected chi connectivity index (χ3v) is 4.25. The first-order valence-electron chi connectivity index (χ1n) is 8.32. The predicted octanol–water partition coefficient (Wildman–Crippen LogP) is 2.79. The topological polar surface area (TPSA) is 92.8 Å². The number of H-pyrrole nitrogens is 1. The lowest BCUT2D eigenvalue weighted by Gasteiger charge is -2.16. The van der Waals surface area contributed by atoms with E-state index in [1.807, 2.05) is 56.3 Å². The van der Waals surface area contributed by atoms with Gasteiger partial charge in [0.05, 0.1) is 7.11 Å². The van der Waals surface area contributed by atoms with Crippen LogP contribution in [0.25, 0.3) is 0 Å². The van der Waals surface area contributed by atoms with Crippen molar-refractivity contribution in [2.24, 2.45) is 0 Å². The van der Waals surface area contributed by atoms with E-state index in [4.69, 9.17) is 4.74 Å². The first kappa shape index (κ1) is 17.6. The number of aromatic amines is 1. The zero-order valence-corrected chi connectivity index (χ0v) is 15.0. The number of tetrazole rings is 1. The second kappa shape index (κ2) is 7.77. The molecule has 3 rings (SSSR count). The van der Waals surface area contributed by atoms with Crippen LogP contribution >= 0.6 is 0 Å². The molecule has 0 fully saturated rings. The number of nitrogens with zero attached hydrogens (tertiary/aromatic N) is 3. The summed E-state index contributed by atoms with van der Waals surface area (Å²) >= 11 is 0. The summed E-state index contributed by atoms with van der Waals surface area (Å²) in [7, 11) is 1.61. The molecule has 26 heavy (non-hydrogen) atoms. The smallest absolute Gasteiger partial charge is 0.235 e. The lowest BCUT2D eigenvalue weighted by molar-refractivity contribution is -0.117. The molecule has 1 aromatic heterocycles. The molecule has 0 unspecified atom stereocenters. The zero-order chi connectivity index (χ0) is 18.5. The number of rotatable bonds is 6. The maximum atomic E-state index is 13.0. The Morgan fingerprint density at radius 2 is 2.04 bits per heavy atom. The van der Waals surface area contributed by atoms with Gasteiger partial charge in [-0.1, -0.05) is 41.1 Å². The highest BCUT2D eigenvalue weighted by molar-refractivity contribution is 5.96. The van der Waals surface area contributed by atoms with Crippen LogP contribution in [0.2, 0.25) is 0 Å². The number of hydrogen-bond acceptors (Lipinski definition) is 5. The summed E-state index contributed by atoms with van der Waals surface area (Å²) in [6, 6.07) is 13.5. The normalized spacial score (nSPS) is 11.8. The first-order chi connectivity index (χ1) is 12.6. The summed E-state index contributed by atoms with van der Waals surface area (Å²) in [6.07, 6.45) is 0.403. The first-order valence-corrected chi connectivity index (χ1v) is 8.32. The van der Waals surface area contributed by atoms with Crippen molar-refractivity contribution in [3.05, 3.63) is 65.0 Å². The fraction of sp³-hybridized carbons (Fsp3) is 0.263. The SMILES string of the molecule is COc1ccccc1C[C@@H](C(=O)Nc1ccc(C)cc1C)c1nn[nH]n1. The molecule has 1 amide bonds. The minimum Gasteiger partial charge on any atom is -0.496 e. The van der Waals surface area contributed by atoms with Gasteiger partial charge >= 0.3 is 0 Å². The number of ether oxygens (including phenoxy) is 1. The van der Waals surface area contributed by atoms with E-state index in [1.54, 1.807) is 7.11 Å². The van der Waals surface area contributed by atoms with Gasteiger partial charge in [0.25, 0.3) is 0 Å². The Labute approximate surface area is 151 Å². The summed E-state index contributed by atoms with van der Waals surface area (Å²) in [5.41, 5.74) is 3.82. The largest absolute Gasteiger partial charge is 0.496 e. The number of nitrogens with one attached hydrogen (secondary N) is 2. The molecule has 0 spiro atoms. The van der Waals surface area contributed by atoms with Gasteiger partial charge in [0.1, 0.15) is 11.7 Å². The van der Waals surface area contributed by atoms with Crippen molar-refractivity contribution in [1.82, 2.24) is 20.6 Å². The average Bonchev–Trinajstić information content (AvgIpc) is 3.16. The van der Waals surface area contributed by atoms with Gasteiger partial charge in [-0.05, 0) is 43.5 Å². The Kier molecular flexibility index (Phi) is 5.26. The number of para-hydroxylation sites is 1. The van der Waals surface area contributed by atoms with E-state index < -0.39 is 5.92 Å². The summed E-state index contributed by atoms with van der Waals surface area (Å²) in [5.74, 6) is 0.286. The third kappa shape index (κ3) is 3.88. The van der Waals surface area contributed by atoms with E-state index in [0.717, 1.165) is 28.1 Å². The highest BCUT2D eigenvalue weighted by atomic mass is 16.5. The van der Waals surface area contributed by atoms with Gasteiger partial charge in [-0.15, -0.1) is 10.2 Å². The minimum absolute atomic E-state index is 0.191. The highest BCUT2D eigenvalue weighted by Crippen LogP contribution is 2.26. The fourth-order valence-corrected chi connectivity index (χ4v) is 2.88. The molecule has 0 bridgehead atoms. The van der Waals surface area contributed by atoms with E-state index in [2.05, 4.69) is 25.9 Å². The third-order valence-electron chi connectivity index (χ3n) is 4.25. The monoisotopic (exact) mass is 351 g/mol. The molecular formula is C19H21N5O2. The Balaban J connectivity index is 1.88. The van der Waals surface area contributed by atoms with Crippen LogP contribution in [0.4, 0.5) is 5.69 Å². The number of amides is 1. The van der Waals surface area contributed by atoms with Crippen molar-refractivity contribution in [2.45, 2.75) is 26.2 Å². The number of anilines is 1. The maximum Gasteiger partial charge on any atom is 0.235 e. The van der Waals surface area contributed by atoms with Crippen LogP contribution in [-0.4, -0.2) is 33.6 Å². The fourth-order valence-electron chi connectivity index (χ4n) is 2.88. The molecule has 134 valence electrons. The molecule has 2 N–H and O–H groups in total. The average molecular weight is 351 g/mol. The van der Waals surface area contributed by atoms with Crippen molar-refractivity contribution in [2.75, 3.05) is 12.4 Å². The van der Waals surface area contributed by atoms with Gasteiger partial charge in [-0.25, -0.2) is 0 Å². The molecule has 3 aromatic rings. The summed E-state index contributed by atoms with van der Waals surface area (Å²) < 4.78 is 5.40. The summed E-state index contributed by atoms with van der Waals surface area (Å²) in [5, 5.41) is 17.0. The lowest BCUT2D eigenvalue weighted by Crippen LogP contribution is -2.24. The van der Waals surface area contributed by atoms with Gasteiger partial charge in [0, 0.05) is 5.69 Å². The van der Waals surface area contributed by atoms with E-state index in [9.17, 15) is 4.79 Å². The van der Waals surface area contributed by atoms with E-state index in [-0.39, 0.29) is 5.91 Å². The Morgan fingerprint density at radius 3 is 2.73 bits per heavy atom. The molecule has 2 aromatic carbocycles. The van der Waals surface area contributed by atoms with Gasteiger partial charge in [0.15, 0.2) is 5.82 Å². The van der Waals surface area contributed by atoms with Crippen molar-refractivity contribution in [3.63, 3.8) is 0 Å². The minimum atomic E-state index is -0.592. The molecule has 0 radical (unpaired) electrons. The Hall–Kier alpha value is -3.22. The molecule has 0 saturated carbocycles. The second-order valence-corrected chi connectivity index (χ2v) is 6.15. The molecule has 1 heterocycles. The molecule has 1 atom stereocenters. The highest BCUT2D eigenvalue weighted by Gasteiger charge is 2.27. The molecule has 0 aliphatic rings. The van der Waals surface area contributed by atoms with Gasteiger partial charge in [0.2, 0.25) is 5.91 Å². The van der Waals surface area contributed by atoms with Gasteiger partial charge in [-0.3, -0.25) is 4.79 Å². The van der Waals surface area contributed by atoms with Crippen LogP contribution < -0.4 is 10.1 Å². The van der Waals surface area contributed by atoms with E-state index in [1.165, 1.54) is 0 Å². The van der Waals surface area contributed by atoms with Crippen molar-refractivity contribution < 1.29 is 9.53 Å². The number of aryl methyl sites for hydroxylation is 2. The molecule has 7 heteroatoms. The van der Waals surface area contributed by atoms with Crippen LogP contribution in [0.5, 0.6) is 5.75 Å². The molecular weight excluding hydrogens is 330 g/mol. The van der Waals surface area contributed by atoms with Crippen molar-refractivity contribution in [3.8, 4) is 5.75 Å². The second-order valence-electron chi connectivity index (χ2n) is 6.15. The molecule has 0 aliphatic carbocycles. The number of hydrogen-bond donors (Lipinski definition) is 2. The van der Waals surface area contributed by atoms with E-state index >= 15 is 0 Å². The van der Waals surface area contributed by atoms with Crippen molar-refractivity contribution in [1.29, 1.82) is 0 Å². The standard InChI is InChI=1S/C19H21N5O2/c1-12-8-9-16(13(2)10-12)20-19(25)15(18-21-23-24-22-18)11-14-6-4-5-7-17(14)26-3/h4-10,15H,11H2,1-3H3,(H,20,25)(H,21,22,23,24)/t15-/m1/s1. The molecule has 0 saturated heterocycles. The van der Waals surface area contributed by atoms with Crippen LogP contribution in [0.3, 0.4) is 0 Å². The van der Waals surface area contributed by atoms with Crippen LogP contribution in [0.1, 0.15) is 28.4 Å². The van der Waals surface area contributed by atoms with Crippen molar-refractivity contribution >= 4 is 11.6 Å². The molecule has 0 aliphatic heterocycles. The number of benzene rings is 2. The summed E-state index contributed by atoms with van der Waals surface area (Å²) in [4.78, 5) is 13.0. The van der Waals surface area contributed by atoms with Gasteiger partial charge < -0.3 is 10.1 Å². The number of aromatic nitrogens is 4. The quantitative estimate of drug-likeness (QED) is 0.712. The zero-order valence-electron chi connectivity index (χ0n) is 15.0. The number of carbonyl (C=O) groups excluding carboxylic acids is 1. The van der Waals surface area contributed by atoms with Gasteiger partial charge in [-0.2, -0.15) is 5.21 Å². The van der Waals surface area contributed by atoms with Crippen LogP contribution in [0, 0.1) is 13.8 Å². The van der Waals surface area contributed by atoms with E-state index in [0.29, 0.717) is 12.2 Å². The Morgan fingerprint density at radius 1 is 1.23 bits per heavy atom. The number of methoxy groups -OCH3 is 1. The predicted molar refractivity (Wildman–Crippen MR) is 98.2 cm³/mol. The van der Waals surface area contributed by atoms with Crippen LogP contribution in [0.15, 0.2) is 42.5 Å².